The summed E-state index contributed by atoms with van der Waals surface area (Å²) in [6.07, 6.45) is 3.70. The molecule has 0 unspecified atom stereocenters. The number of hydrogen-bond donors (Lipinski definition) is 1. The van der Waals surface area contributed by atoms with E-state index in [1.807, 2.05) is 51.1 Å². The fourth-order valence-corrected chi connectivity index (χ4v) is 4.47. The molecule has 2 aromatic carbocycles. The molecule has 0 fully saturated rings. The van der Waals surface area contributed by atoms with Crippen LogP contribution >= 0.6 is 0 Å². The van der Waals surface area contributed by atoms with E-state index in [4.69, 9.17) is 10.7 Å². The Balaban J connectivity index is 1.90. The molecule has 0 aliphatic heterocycles. The van der Waals surface area contributed by atoms with Gasteiger partial charge in [0.05, 0.1) is 23.7 Å². The van der Waals surface area contributed by atoms with E-state index in [9.17, 15) is 13.6 Å². The molecule has 1 atom stereocenters. The lowest BCUT2D eigenvalue weighted by Crippen LogP contribution is -2.43. The zero-order valence-electron chi connectivity index (χ0n) is 21.8. The van der Waals surface area contributed by atoms with E-state index in [2.05, 4.69) is 10.1 Å². The van der Waals surface area contributed by atoms with Crippen molar-refractivity contribution in [1.82, 2.24) is 24.6 Å². The van der Waals surface area contributed by atoms with E-state index in [1.165, 1.54) is 6.20 Å². The van der Waals surface area contributed by atoms with E-state index >= 15 is 0 Å². The second-order valence-electron chi connectivity index (χ2n) is 10.2. The largest absolute Gasteiger partial charge is 0.330 e. The number of amides is 1. The summed E-state index contributed by atoms with van der Waals surface area (Å²) in [6.45, 7) is 7.12. The molecule has 0 aliphatic carbocycles. The normalized spacial score (nSPS) is 12.4. The predicted molar refractivity (Wildman–Crippen MR) is 142 cm³/mol. The van der Waals surface area contributed by atoms with E-state index < -0.39 is 23.1 Å². The molecule has 38 heavy (non-hydrogen) atoms. The quantitative estimate of drug-likeness (QED) is 0.327. The number of carbonyl (C=O) groups excluding carboxylic acids is 1. The van der Waals surface area contributed by atoms with Crippen molar-refractivity contribution in [2.45, 2.75) is 39.8 Å². The first-order chi connectivity index (χ1) is 18.2. The maximum Gasteiger partial charge on any atom is 0.256 e. The molecule has 4 aromatic rings. The molecule has 1 amide bonds. The second kappa shape index (κ2) is 11.6. The Morgan fingerprint density at radius 2 is 1.84 bits per heavy atom. The van der Waals surface area contributed by atoms with Crippen LogP contribution in [-0.2, 0) is 6.54 Å². The van der Waals surface area contributed by atoms with Crippen molar-refractivity contribution < 1.29 is 13.6 Å². The predicted octanol–water partition coefficient (Wildman–Crippen LogP) is 5.25. The van der Waals surface area contributed by atoms with Gasteiger partial charge in [0.25, 0.3) is 5.91 Å². The second-order valence-corrected chi connectivity index (χ2v) is 10.2. The molecule has 9 heteroatoms. The Morgan fingerprint density at radius 3 is 2.50 bits per heavy atom. The number of nitrogens with zero attached hydrogens (tertiary/aromatic N) is 5. The van der Waals surface area contributed by atoms with Crippen LogP contribution in [0.15, 0.2) is 73.1 Å². The fourth-order valence-electron chi connectivity index (χ4n) is 4.47. The highest BCUT2D eigenvalue weighted by Gasteiger charge is 2.39. The summed E-state index contributed by atoms with van der Waals surface area (Å²) in [5.41, 5.74) is 6.68. The summed E-state index contributed by atoms with van der Waals surface area (Å²) < 4.78 is 30.6. The van der Waals surface area contributed by atoms with E-state index in [1.54, 1.807) is 27.9 Å². The number of nitrogens with two attached hydrogens (primary N) is 1. The van der Waals surface area contributed by atoms with Gasteiger partial charge in [-0.2, -0.15) is 5.10 Å². The lowest BCUT2D eigenvalue weighted by molar-refractivity contribution is 0.0479. The summed E-state index contributed by atoms with van der Waals surface area (Å²) in [5.74, 6) is -0.928. The van der Waals surface area contributed by atoms with Gasteiger partial charge in [-0.3, -0.25) is 9.78 Å². The smallest absolute Gasteiger partial charge is 0.256 e. The first-order valence-electron chi connectivity index (χ1n) is 12.5. The zero-order chi connectivity index (χ0) is 27.3. The van der Waals surface area contributed by atoms with Crippen LogP contribution in [0.2, 0.25) is 0 Å². The number of benzene rings is 2. The van der Waals surface area contributed by atoms with Crippen molar-refractivity contribution in [3.8, 4) is 11.4 Å². The van der Waals surface area contributed by atoms with Crippen LogP contribution in [0.4, 0.5) is 8.78 Å². The van der Waals surface area contributed by atoms with Crippen LogP contribution in [0.1, 0.15) is 55.0 Å². The minimum Gasteiger partial charge on any atom is -0.330 e. The van der Waals surface area contributed by atoms with Crippen molar-refractivity contribution in [2.24, 2.45) is 11.1 Å². The lowest BCUT2D eigenvalue weighted by Gasteiger charge is -2.39. The zero-order valence-corrected chi connectivity index (χ0v) is 21.8. The monoisotopic (exact) mass is 518 g/mol. The van der Waals surface area contributed by atoms with Crippen LogP contribution in [-0.4, -0.2) is 43.6 Å². The Labute approximate surface area is 221 Å². The van der Waals surface area contributed by atoms with Gasteiger partial charge in [-0.15, -0.1) is 0 Å². The van der Waals surface area contributed by atoms with Crippen molar-refractivity contribution >= 4 is 5.91 Å². The van der Waals surface area contributed by atoms with Gasteiger partial charge in [-0.1, -0.05) is 51.1 Å². The van der Waals surface area contributed by atoms with Crippen molar-refractivity contribution in [2.75, 3.05) is 13.1 Å². The van der Waals surface area contributed by atoms with E-state index in [0.717, 1.165) is 23.8 Å². The van der Waals surface area contributed by atoms with Gasteiger partial charge in [0.2, 0.25) is 0 Å². The molecule has 7 nitrogen and oxygen atoms in total. The number of aromatic nitrogens is 4. The number of hydrogen-bond acceptors (Lipinski definition) is 5. The van der Waals surface area contributed by atoms with Crippen LogP contribution in [0, 0.1) is 17.0 Å². The Bertz CT molecular complexity index is 1370. The summed E-state index contributed by atoms with van der Waals surface area (Å²) in [5, 5.41) is 4.63. The first-order valence-corrected chi connectivity index (χ1v) is 12.5. The number of rotatable bonds is 9. The van der Waals surface area contributed by atoms with Gasteiger partial charge < -0.3 is 10.6 Å². The summed E-state index contributed by atoms with van der Waals surface area (Å²) in [4.78, 5) is 24.4. The van der Waals surface area contributed by atoms with Gasteiger partial charge in [0.15, 0.2) is 11.6 Å². The van der Waals surface area contributed by atoms with Gasteiger partial charge >= 0.3 is 0 Å². The first kappa shape index (κ1) is 27.1. The van der Waals surface area contributed by atoms with Crippen LogP contribution < -0.4 is 5.73 Å². The standard InChI is InChI=1S/C29H32F2N6O/c1-29(2,3)25(36(16-8-14-32)28(38)21-11-7-15-33-18-21)27-34-26(23-17-22(30)12-13-24(23)31)35-37(27)19-20-9-5-4-6-10-20/h4-7,9-13,15,17-18,25H,8,14,16,19,32H2,1-3H3/t25-/m0/s1. The topological polar surface area (TPSA) is 89.9 Å². The van der Waals surface area contributed by atoms with Crippen molar-refractivity contribution in [3.05, 3.63) is 102 Å². The number of halogens is 2. The molecule has 2 heterocycles. The molecule has 0 aliphatic rings. The molecular formula is C29H32F2N6O. The fraction of sp³-hybridized carbons (Fsp3) is 0.310. The maximum absolute atomic E-state index is 14.8. The molecule has 0 bridgehead atoms. The molecule has 0 spiro atoms. The molecule has 0 radical (unpaired) electrons. The molecule has 198 valence electrons. The Morgan fingerprint density at radius 1 is 1.08 bits per heavy atom. The number of carbonyl (C=O) groups is 1. The SMILES string of the molecule is CC(C)(C)[C@H](c1nc(-c2cc(F)ccc2F)nn1Cc1ccccc1)N(CCCN)C(=O)c1cccnc1. The minimum absolute atomic E-state index is 0.0437. The third-order valence-electron chi connectivity index (χ3n) is 6.19. The van der Waals surface area contributed by atoms with Gasteiger partial charge in [0, 0.05) is 18.9 Å². The highest BCUT2D eigenvalue weighted by Crippen LogP contribution is 2.39. The van der Waals surface area contributed by atoms with E-state index in [0.29, 0.717) is 37.4 Å². The maximum atomic E-state index is 14.8. The lowest BCUT2D eigenvalue weighted by atomic mass is 9.84. The molecule has 4 rings (SSSR count). The minimum atomic E-state index is -0.631. The van der Waals surface area contributed by atoms with Gasteiger partial charge in [-0.05, 0) is 54.3 Å². The number of pyridine rings is 1. The molecule has 0 saturated heterocycles. The van der Waals surface area contributed by atoms with Crippen molar-refractivity contribution in [1.29, 1.82) is 0 Å². The summed E-state index contributed by atoms with van der Waals surface area (Å²) in [6, 6.07) is 15.7. The van der Waals surface area contributed by atoms with Gasteiger partial charge in [0.1, 0.15) is 11.6 Å². The molecular weight excluding hydrogens is 486 g/mol. The van der Waals surface area contributed by atoms with Crippen LogP contribution in [0.5, 0.6) is 0 Å². The van der Waals surface area contributed by atoms with Crippen molar-refractivity contribution in [3.63, 3.8) is 0 Å². The molecule has 0 saturated carbocycles. The van der Waals surface area contributed by atoms with Crippen LogP contribution in [0.3, 0.4) is 0 Å². The van der Waals surface area contributed by atoms with Crippen LogP contribution in [0.25, 0.3) is 11.4 Å². The third-order valence-corrected chi connectivity index (χ3v) is 6.19. The summed E-state index contributed by atoms with van der Waals surface area (Å²) in [7, 11) is 0. The summed E-state index contributed by atoms with van der Waals surface area (Å²) >= 11 is 0. The highest BCUT2D eigenvalue weighted by molar-refractivity contribution is 5.94. The molecule has 2 aromatic heterocycles. The third kappa shape index (κ3) is 6.11. The van der Waals surface area contributed by atoms with Gasteiger partial charge in [-0.25, -0.2) is 18.4 Å². The Hall–Kier alpha value is -3.98. The average Bonchev–Trinajstić information content (AvgIpc) is 3.30. The van der Waals surface area contributed by atoms with E-state index in [-0.39, 0.29) is 17.3 Å². The molecule has 2 N–H and O–H groups in total. The Kier molecular flexibility index (Phi) is 8.26. The average molecular weight is 519 g/mol. The highest BCUT2D eigenvalue weighted by atomic mass is 19.1.